The smallest absolute Gasteiger partial charge is 0.338 e. The Labute approximate surface area is 203 Å². The molecule has 1 aliphatic rings. The number of hydrogen-bond acceptors (Lipinski definition) is 6. The van der Waals surface area contributed by atoms with Gasteiger partial charge in [0.1, 0.15) is 6.61 Å². The van der Waals surface area contributed by atoms with Gasteiger partial charge in [-0.15, -0.1) is 0 Å². The highest BCUT2D eigenvalue weighted by Gasteiger charge is 2.22. The Bertz CT molecular complexity index is 1210. The highest BCUT2D eigenvalue weighted by Crippen LogP contribution is 2.29. The second-order valence-electron chi connectivity index (χ2n) is 7.96. The van der Waals surface area contributed by atoms with Crippen molar-refractivity contribution in [3.63, 3.8) is 0 Å². The van der Waals surface area contributed by atoms with E-state index in [1.807, 2.05) is 36.4 Å². The van der Waals surface area contributed by atoms with Crippen molar-refractivity contribution < 1.29 is 28.6 Å². The van der Waals surface area contributed by atoms with Crippen LogP contribution in [0.2, 0.25) is 0 Å². The lowest BCUT2D eigenvalue weighted by molar-refractivity contribution is -0.119. The normalized spacial score (nSPS) is 12.8. The Morgan fingerprint density at radius 3 is 2.54 bits per heavy atom. The van der Waals surface area contributed by atoms with E-state index in [9.17, 15) is 14.4 Å². The van der Waals surface area contributed by atoms with E-state index in [0.717, 1.165) is 17.7 Å². The summed E-state index contributed by atoms with van der Waals surface area (Å²) < 4.78 is 16.3. The van der Waals surface area contributed by atoms with E-state index in [1.54, 1.807) is 35.2 Å². The molecule has 0 atom stereocenters. The lowest BCUT2D eigenvalue weighted by Crippen LogP contribution is -2.24. The van der Waals surface area contributed by atoms with Gasteiger partial charge in [0.05, 0.1) is 12.7 Å². The van der Waals surface area contributed by atoms with Gasteiger partial charge in [0.25, 0.3) is 5.91 Å². The highest BCUT2D eigenvalue weighted by atomic mass is 16.5. The van der Waals surface area contributed by atoms with Crippen LogP contribution >= 0.6 is 0 Å². The lowest BCUT2D eigenvalue weighted by atomic mass is 10.2. The quantitative estimate of drug-likeness (QED) is 0.467. The first-order chi connectivity index (χ1) is 17.0. The fourth-order valence-electron chi connectivity index (χ4n) is 3.73. The Morgan fingerprint density at radius 1 is 0.971 bits per heavy atom. The van der Waals surface area contributed by atoms with E-state index in [2.05, 4.69) is 5.32 Å². The van der Waals surface area contributed by atoms with E-state index in [0.29, 0.717) is 36.8 Å². The largest absolute Gasteiger partial charge is 0.493 e. The van der Waals surface area contributed by atoms with E-state index >= 15 is 0 Å². The molecular weight excluding hydrogens is 448 g/mol. The molecule has 1 saturated heterocycles. The molecule has 0 aromatic heterocycles. The molecule has 0 spiro atoms. The number of carbonyl (C=O) groups is 3. The molecule has 8 nitrogen and oxygen atoms in total. The maximum Gasteiger partial charge on any atom is 0.338 e. The second kappa shape index (κ2) is 11.2. The molecule has 4 rings (SSSR count). The zero-order valence-electron chi connectivity index (χ0n) is 19.4. The number of rotatable bonds is 9. The van der Waals surface area contributed by atoms with Crippen LogP contribution in [0.15, 0.2) is 72.8 Å². The van der Waals surface area contributed by atoms with E-state index in [-0.39, 0.29) is 11.5 Å². The van der Waals surface area contributed by atoms with Crippen LogP contribution in [-0.2, 0) is 20.9 Å². The lowest BCUT2D eigenvalue weighted by Gasteiger charge is -2.16. The molecule has 1 heterocycles. The van der Waals surface area contributed by atoms with Crippen LogP contribution in [-0.4, -0.2) is 38.0 Å². The summed E-state index contributed by atoms with van der Waals surface area (Å²) in [5.41, 5.74) is 2.48. The van der Waals surface area contributed by atoms with Gasteiger partial charge in [-0.1, -0.05) is 36.4 Å². The molecule has 0 unspecified atom stereocenters. The van der Waals surface area contributed by atoms with Crippen molar-refractivity contribution in [2.45, 2.75) is 19.4 Å². The minimum Gasteiger partial charge on any atom is -0.493 e. The summed E-state index contributed by atoms with van der Waals surface area (Å²) in [7, 11) is 1.48. The minimum absolute atomic E-state index is 0.0642. The Kier molecular flexibility index (Phi) is 7.62. The summed E-state index contributed by atoms with van der Waals surface area (Å²) in [4.78, 5) is 38.5. The Hall–Kier alpha value is -4.33. The fourth-order valence-corrected chi connectivity index (χ4v) is 3.73. The summed E-state index contributed by atoms with van der Waals surface area (Å²) >= 11 is 0. The van der Waals surface area contributed by atoms with Gasteiger partial charge in [-0.25, -0.2) is 4.79 Å². The Balaban J connectivity index is 1.31. The molecule has 0 bridgehead atoms. The monoisotopic (exact) mass is 474 g/mol. The maximum absolute atomic E-state index is 12.5. The van der Waals surface area contributed by atoms with E-state index in [4.69, 9.17) is 14.2 Å². The van der Waals surface area contributed by atoms with Gasteiger partial charge >= 0.3 is 5.97 Å². The predicted molar refractivity (Wildman–Crippen MR) is 131 cm³/mol. The first-order valence-electron chi connectivity index (χ1n) is 11.3. The first-order valence-corrected chi connectivity index (χ1v) is 11.3. The Morgan fingerprint density at radius 2 is 1.80 bits per heavy atom. The molecule has 8 heteroatoms. The zero-order valence-corrected chi connectivity index (χ0v) is 19.4. The molecular formula is C27H26N2O6. The van der Waals surface area contributed by atoms with Gasteiger partial charge in [-0.2, -0.15) is 0 Å². The third-order valence-corrected chi connectivity index (χ3v) is 5.49. The number of carbonyl (C=O) groups excluding carboxylic acids is 3. The molecule has 3 aromatic rings. The van der Waals surface area contributed by atoms with Crippen molar-refractivity contribution in [1.82, 2.24) is 0 Å². The minimum atomic E-state index is -0.663. The number of esters is 1. The summed E-state index contributed by atoms with van der Waals surface area (Å²) in [5, 5.41) is 2.69. The number of anilines is 2. The summed E-state index contributed by atoms with van der Waals surface area (Å²) in [6, 6.07) is 21.4. The molecule has 1 aliphatic heterocycles. The number of nitrogens with one attached hydrogen (secondary N) is 1. The third-order valence-electron chi connectivity index (χ3n) is 5.49. The number of hydrogen-bond donors (Lipinski definition) is 1. The number of nitrogens with zero attached hydrogens (tertiary/aromatic N) is 1. The molecule has 3 aromatic carbocycles. The SMILES string of the molecule is COc1cc(C(=O)OCC(=O)Nc2cccc(N3CCCC3=O)c2)ccc1OCc1ccccc1. The van der Waals surface area contributed by atoms with Gasteiger partial charge in [0.2, 0.25) is 5.91 Å². The summed E-state index contributed by atoms with van der Waals surface area (Å²) in [6.45, 7) is 0.557. The molecule has 0 aliphatic carbocycles. The van der Waals surface area contributed by atoms with Crippen LogP contribution in [0.3, 0.4) is 0 Å². The average molecular weight is 475 g/mol. The van der Waals surface area contributed by atoms with Crippen LogP contribution in [0.1, 0.15) is 28.8 Å². The van der Waals surface area contributed by atoms with Crippen LogP contribution in [0.4, 0.5) is 11.4 Å². The summed E-state index contributed by atoms with van der Waals surface area (Å²) in [5.74, 6) is -0.216. The van der Waals surface area contributed by atoms with E-state index < -0.39 is 18.5 Å². The highest BCUT2D eigenvalue weighted by molar-refractivity contribution is 5.98. The molecule has 1 N–H and O–H groups in total. The number of methoxy groups -OCH3 is 1. The van der Waals surface area contributed by atoms with Crippen molar-refractivity contribution in [2.24, 2.45) is 0 Å². The average Bonchev–Trinajstić information content (AvgIpc) is 3.32. The van der Waals surface area contributed by atoms with Crippen molar-refractivity contribution >= 4 is 29.2 Å². The van der Waals surface area contributed by atoms with Gasteiger partial charge in [-0.3, -0.25) is 9.59 Å². The topological polar surface area (TPSA) is 94.2 Å². The first kappa shape index (κ1) is 23.8. The van der Waals surface area contributed by atoms with Gasteiger partial charge in [-0.05, 0) is 48.4 Å². The molecule has 0 saturated carbocycles. The number of amides is 2. The van der Waals surface area contributed by atoms with Crippen molar-refractivity contribution in [3.05, 3.63) is 83.9 Å². The van der Waals surface area contributed by atoms with Crippen LogP contribution in [0.5, 0.6) is 11.5 Å². The van der Waals surface area contributed by atoms with Crippen LogP contribution in [0.25, 0.3) is 0 Å². The molecule has 1 fully saturated rings. The standard InChI is InChI=1S/C27H26N2O6/c1-33-24-15-20(12-13-23(24)34-17-19-7-3-2-4-8-19)27(32)35-18-25(30)28-21-9-5-10-22(16-21)29-14-6-11-26(29)31/h2-5,7-10,12-13,15-16H,6,11,14,17-18H2,1H3,(H,28,30). The predicted octanol–water partition coefficient (Wildman–Crippen LogP) is 4.20. The fraction of sp³-hybridized carbons (Fsp3) is 0.222. The number of ether oxygens (including phenoxy) is 3. The molecule has 0 radical (unpaired) electrons. The van der Waals surface area contributed by atoms with Gasteiger partial charge in [0, 0.05) is 24.3 Å². The van der Waals surface area contributed by atoms with Crippen LogP contribution < -0.4 is 19.7 Å². The van der Waals surface area contributed by atoms with Gasteiger partial charge < -0.3 is 24.4 Å². The molecule has 35 heavy (non-hydrogen) atoms. The summed E-state index contributed by atoms with van der Waals surface area (Å²) in [6.07, 6.45) is 1.34. The van der Waals surface area contributed by atoms with Crippen molar-refractivity contribution in [1.29, 1.82) is 0 Å². The maximum atomic E-state index is 12.5. The zero-order chi connectivity index (χ0) is 24.6. The second-order valence-corrected chi connectivity index (χ2v) is 7.96. The number of benzene rings is 3. The van der Waals surface area contributed by atoms with Crippen molar-refractivity contribution in [2.75, 3.05) is 30.5 Å². The molecule has 2 amide bonds. The van der Waals surface area contributed by atoms with Gasteiger partial charge in [0.15, 0.2) is 18.1 Å². The van der Waals surface area contributed by atoms with E-state index in [1.165, 1.54) is 13.2 Å². The van der Waals surface area contributed by atoms with Crippen molar-refractivity contribution in [3.8, 4) is 11.5 Å². The third kappa shape index (κ3) is 6.17. The molecule has 180 valence electrons. The van der Waals surface area contributed by atoms with Crippen LogP contribution in [0, 0.1) is 0 Å².